The summed E-state index contributed by atoms with van der Waals surface area (Å²) in [6, 6.07) is 6.40. The van der Waals surface area contributed by atoms with Crippen molar-refractivity contribution in [3.63, 3.8) is 0 Å². The third-order valence-electron chi connectivity index (χ3n) is 2.75. The highest BCUT2D eigenvalue weighted by atomic mass is 79.9. The van der Waals surface area contributed by atoms with Crippen molar-refractivity contribution in [2.75, 3.05) is 10.5 Å². The average molecular weight is 394 g/mol. The van der Waals surface area contributed by atoms with Crippen LogP contribution in [0.1, 0.15) is 5.56 Å². The number of benzene rings is 2. The van der Waals surface area contributed by atoms with E-state index in [1.54, 1.807) is 19.1 Å². The van der Waals surface area contributed by atoms with Crippen LogP contribution in [0.25, 0.3) is 0 Å². The molecule has 0 aliphatic rings. The van der Waals surface area contributed by atoms with Crippen LogP contribution in [0.4, 0.5) is 15.8 Å². The Morgan fingerprint density at radius 3 is 2.57 bits per heavy atom. The van der Waals surface area contributed by atoms with Gasteiger partial charge < -0.3 is 5.73 Å². The molecular weight excluding hydrogens is 383 g/mol. The largest absolute Gasteiger partial charge is 0.397 e. The van der Waals surface area contributed by atoms with Gasteiger partial charge in [0, 0.05) is 4.47 Å². The summed E-state index contributed by atoms with van der Waals surface area (Å²) in [6.07, 6.45) is 0. The Morgan fingerprint density at radius 1 is 1.29 bits per heavy atom. The Balaban J connectivity index is 2.50. The van der Waals surface area contributed by atoms with Crippen molar-refractivity contribution in [3.8, 4) is 0 Å². The smallest absolute Gasteiger partial charge is 0.263 e. The second-order valence-corrected chi connectivity index (χ2v) is 7.34. The van der Waals surface area contributed by atoms with Gasteiger partial charge in [0.15, 0.2) is 0 Å². The molecule has 0 spiro atoms. The number of hydrogen-bond donors (Lipinski definition) is 2. The number of nitrogens with one attached hydrogen (secondary N) is 1. The minimum Gasteiger partial charge on any atom is -0.397 e. The molecule has 0 bridgehead atoms. The van der Waals surface area contributed by atoms with Gasteiger partial charge in [-0.05, 0) is 42.8 Å². The Bertz CT molecular complexity index is 789. The van der Waals surface area contributed by atoms with E-state index >= 15 is 0 Å². The van der Waals surface area contributed by atoms with E-state index in [-0.39, 0.29) is 21.3 Å². The summed E-state index contributed by atoms with van der Waals surface area (Å²) in [5, 5.41) is -0.0720. The second-order valence-electron chi connectivity index (χ2n) is 4.37. The van der Waals surface area contributed by atoms with Crippen LogP contribution in [0, 0.1) is 12.7 Å². The predicted octanol–water partition coefficient (Wildman–Crippen LogP) is 3.93. The Kier molecular flexibility index (Phi) is 4.46. The highest BCUT2D eigenvalue weighted by Crippen LogP contribution is 2.31. The van der Waals surface area contributed by atoms with Crippen LogP contribution in [0.3, 0.4) is 0 Å². The third-order valence-corrected chi connectivity index (χ3v) is 5.04. The van der Waals surface area contributed by atoms with E-state index in [0.717, 1.165) is 16.6 Å². The molecule has 0 fully saturated rings. The van der Waals surface area contributed by atoms with E-state index in [0.29, 0.717) is 5.56 Å². The molecule has 3 N–H and O–H groups in total. The van der Waals surface area contributed by atoms with E-state index in [2.05, 4.69) is 20.7 Å². The quantitative estimate of drug-likeness (QED) is 0.776. The van der Waals surface area contributed by atoms with Crippen molar-refractivity contribution < 1.29 is 12.8 Å². The van der Waals surface area contributed by atoms with Gasteiger partial charge in [-0.15, -0.1) is 0 Å². The van der Waals surface area contributed by atoms with Gasteiger partial charge in [0.25, 0.3) is 10.0 Å². The fourth-order valence-electron chi connectivity index (χ4n) is 1.78. The van der Waals surface area contributed by atoms with Gasteiger partial charge in [0.05, 0.1) is 16.4 Å². The van der Waals surface area contributed by atoms with Gasteiger partial charge in [-0.25, -0.2) is 12.8 Å². The fourth-order valence-corrected chi connectivity index (χ4v) is 4.04. The minimum absolute atomic E-state index is 0.0720. The SMILES string of the molecule is Cc1cc(Br)cc(N)c1NS(=O)(=O)c1cc(F)ccc1Cl. The molecule has 0 unspecified atom stereocenters. The molecule has 0 radical (unpaired) electrons. The lowest BCUT2D eigenvalue weighted by Crippen LogP contribution is -2.16. The lowest BCUT2D eigenvalue weighted by molar-refractivity contribution is 0.595. The molecule has 0 aliphatic carbocycles. The molecule has 0 aliphatic heterocycles. The lowest BCUT2D eigenvalue weighted by Gasteiger charge is -2.14. The van der Waals surface area contributed by atoms with Crippen LogP contribution in [0.15, 0.2) is 39.7 Å². The fraction of sp³-hybridized carbons (Fsp3) is 0.0769. The van der Waals surface area contributed by atoms with Crippen molar-refractivity contribution in [2.45, 2.75) is 11.8 Å². The molecule has 112 valence electrons. The summed E-state index contributed by atoms with van der Waals surface area (Å²) in [7, 11) is -4.04. The van der Waals surface area contributed by atoms with E-state index < -0.39 is 15.8 Å². The number of halogens is 3. The molecule has 0 saturated heterocycles. The van der Waals surface area contributed by atoms with Crippen molar-refractivity contribution in [1.82, 2.24) is 0 Å². The van der Waals surface area contributed by atoms with Crippen LogP contribution >= 0.6 is 27.5 Å². The normalized spacial score (nSPS) is 11.4. The van der Waals surface area contributed by atoms with E-state index in [4.69, 9.17) is 17.3 Å². The molecule has 0 saturated carbocycles. The number of hydrogen-bond acceptors (Lipinski definition) is 3. The highest BCUT2D eigenvalue weighted by Gasteiger charge is 2.21. The van der Waals surface area contributed by atoms with E-state index in [9.17, 15) is 12.8 Å². The summed E-state index contributed by atoms with van der Waals surface area (Å²) in [4.78, 5) is -0.342. The summed E-state index contributed by atoms with van der Waals surface area (Å²) in [6.45, 7) is 1.70. The zero-order chi connectivity index (χ0) is 15.8. The number of nitrogens with two attached hydrogens (primary N) is 1. The topological polar surface area (TPSA) is 72.2 Å². The van der Waals surface area contributed by atoms with Crippen LogP contribution in [-0.4, -0.2) is 8.42 Å². The summed E-state index contributed by atoms with van der Waals surface area (Å²) in [5.74, 6) is -0.694. The van der Waals surface area contributed by atoms with Crippen LogP contribution in [-0.2, 0) is 10.0 Å². The van der Waals surface area contributed by atoms with Gasteiger partial charge in [-0.1, -0.05) is 27.5 Å². The Hall–Kier alpha value is -1.31. The lowest BCUT2D eigenvalue weighted by atomic mass is 10.2. The zero-order valence-electron chi connectivity index (χ0n) is 10.8. The van der Waals surface area contributed by atoms with Crippen LogP contribution in [0.2, 0.25) is 5.02 Å². The van der Waals surface area contributed by atoms with Crippen LogP contribution in [0.5, 0.6) is 0 Å². The van der Waals surface area contributed by atoms with Gasteiger partial charge in [-0.3, -0.25) is 4.72 Å². The van der Waals surface area contributed by atoms with Gasteiger partial charge in [0.2, 0.25) is 0 Å². The molecule has 2 aromatic carbocycles. The number of aryl methyl sites for hydroxylation is 1. The molecule has 0 heterocycles. The first-order valence-corrected chi connectivity index (χ1v) is 8.39. The molecule has 2 rings (SSSR count). The molecule has 21 heavy (non-hydrogen) atoms. The van der Waals surface area contributed by atoms with Gasteiger partial charge >= 0.3 is 0 Å². The molecule has 8 heteroatoms. The highest BCUT2D eigenvalue weighted by molar-refractivity contribution is 9.10. The number of rotatable bonds is 3. The summed E-state index contributed by atoms with van der Waals surface area (Å²) < 4.78 is 41.0. The average Bonchev–Trinajstić information content (AvgIpc) is 2.36. The van der Waals surface area contributed by atoms with Crippen molar-refractivity contribution in [3.05, 3.63) is 51.2 Å². The molecule has 2 aromatic rings. The first-order valence-electron chi connectivity index (χ1n) is 5.74. The molecule has 0 amide bonds. The third kappa shape index (κ3) is 3.48. The number of sulfonamides is 1. The van der Waals surface area contributed by atoms with Crippen molar-refractivity contribution in [1.29, 1.82) is 0 Å². The molecular formula is C13H11BrClFN2O2S. The first-order chi connectivity index (χ1) is 9.70. The van der Waals surface area contributed by atoms with Crippen LogP contribution < -0.4 is 10.5 Å². The zero-order valence-corrected chi connectivity index (χ0v) is 14.0. The Labute approximate surface area is 135 Å². The minimum atomic E-state index is -4.04. The van der Waals surface area contributed by atoms with Crippen molar-refractivity contribution >= 4 is 48.9 Å². The summed E-state index contributed by atoms with van der Waals surface area (Å²) in [5.41, 5.74) is 6.92. The molecule has 0 aromatic heterocycles. The maximum atomic E-state index is 13.2. The Morgan fingerprint density at radius 2 is 1.95 bits per heavy atom. The molecule has 0 atom stereocenters. The molecule has 4 nitrogen and oxygen atoms in total. The maximum Gasteiger partial charge on any atom is 0.263 e. The monoisotopic (exact) mass is 392 g/mol. The predicted molar refractivity (Wildman–Crippen MR) is 85.5 cm³/mol. The maximum absolute atomic E-state index is 13.2. The van der Waals surface area contributed by atoms with E-state index in [1.165, 1.54) is 6.07 Å². The van der Waals surface area contributed by atoms with Gasteiger partial charge in [-0.2, -0.15) is 0 Å². The second kappa shape index (κ2) is 5.82. The standard InChI is InChI=1S/C13H11BrClFN2O2S/c1-7-4-8(14)5-11(17)13(7)18-21(19,20)12-6-9(16)2-3-10(12)15/h2-6,18H,17H2,1H3. The van der Waals surface area contributed by atoms with Crippen molar-refractivity contribution in [2.24, 2.45) is 0 Å². The summed E-state index contributed by atoms with van der Waals surface area (Å²) >= 11 is 9.09. The first kappa shape index (κ1) is 16.1. The number of nitrogen functional groups attached to an aromatic ring is 1. The van der Waals surface area contributed by atoms with Gasteiger partial charge in [0.1, 0.15) is 10.7 Å². The number of anilines is 2. The van der Waals surface area contributed by atoms with E-state index in [1.807, 2.05) is 0 Å².